The molecular weight excluding hydrogens is 518 g/mol. The van der Waals surface area contributed by atoms with Crippen molar-refractivity contribution in [3.63, 3.8) is 0 Å². The first-order valence-electron chi connectivity index (χ1n) is 12.3. The van der Waals surface area contributed by atoms with Crippen molar-refractivity contribution in [2.24, 2.45) is 0 Å². The second kappa shape index (κ2) is 11.1. The Morgan fingerprint density at radius 2 is 1.85 bits per heavy atom. The number of hydrogen-bond donors (Lipinski definition) is 2. The Morgan fingerprint density at radius 1 is 1.00 bits per heavy atom. The highest BCUT2D eigenvalue weighted by Crippen LogP contribution is 2.31. The van der Waals surface area contributed by atoms with E-state index in [4.69, 9.17) is 4.98 Å². The van der Waals surface area contributed by atoms with Gasteiger partial charge in [0.1, 0.15) is 11.6 Å². The lowest BCUT2D eigenvalue weighted by atomic mass is 10.1. The summed E-state index contributed by atoms with van der Waals surface area (Å²) in [6.45, 7) is 2.18. The van der Waals surface area contributed by atoms with Crippen LogP contribution in [-0.2, 0) is 6.54 Å². The summed E-state index contributed by atoms with van der Waals surface area (Å²) < 4.78 is 26.9. The van der Waals surface area contributed by atoms with Crippen molar-refractivity contribution in [1.82, 2.24) is 20.3 Å². The van der Waals surface area contributed by atoms with E-state index >= 15 is 0 Å². The van der Waals surface area contributed by atoms with Crippen LogP contribution in [0.1, 0.15) is 33.8 Å². The average Bonchev–Trinajstić information content (AvgIpc) is 3.42. The summed E-state index contributed by atoms with van der Waals surface area (Å²) in [7, 11) is 3.87. The largest absolute Gasteiger partial charge is 0.365 e. The van der Waals surface area contributed by atoms with E-state index in [0.717, 1.165) is 44.3 Å². The molecule has 5 rings (SSSR count). The summed E-state index contributed by atoms with van der Waals surface area (Å²) >= 11 is 1.63. The molecule has 0 spiro atoms. The number of amides is 1. The molecule has 2 N–H and O–H groups in total. The molecule has 0 radical (unpaired) electrons. The van der Waals surface area contributed by atoms with E-state index in [0.29, 0.717) is 23.5 Å². The van der Waals surface area contributed by atoms with E-state index in [9.17, 15) is 13.6 Å². The second-order valence-corrected chi connectivity index (χ2v) is 10.4. The number of nitrogens with zero attached hydrogens (tertiary/aromatic N) is 4. The number of thiophene rings is 1. The summed E-state index contributed by atoms with van der Waals surface area (Å²) in [5.41, 5.74) is 3.53. The highest BCUT2D eigenvalue weighted by Gasteiger charge is 2.17. The number of benzene rings is 2. The molecule has 0 aliphatic carbocycles. The Bertz CT molecular complexity index is 1650. The molecular formula is C29H26F2N6OS. The molecule has 5 aromatic rings. The maximum absolute atomic E-state index is 13.6. The second-order valence-electron chi connectivity index (χ2n) is 9.21. The lowest BCUT2D eigenvalue weighted by molar-refractivity contribution is 0.0940. The van der Waals surface area contributed by atoms with Gasteiger partial charge >= 0.3 is 0 Å². The van der Waals surface area contributed by atoms with Crippen LogP contribution in [-0.4, -0.2) is 35.0 Å². The Morgan fingerprint density at radius 3 is 2.64 bits per heavy atom. The number of rotatable bonds is 8. The van der Waals surface area contributed by atoms with Gasteiger partial charge in [-0.15, -0.1) is 11.3 Å². The van der Waals surface area contributed by atoms with Gasteiger partial charge in [0, 0.05) is 30.0 Å². The number of pyridine rings is 1. The number of aromatic nitrogens is 3. The third-order valence-electron chi connectivity index (χ3n) is 6.21. The molecule has 0 bridgehead atoms. The van der Waals surface area contributed by atoms with Crippen LogP contribution in [0.5, 0.6) is 0 Å². The summed E-state index contributed by atoms with van der Waals surface area (Å²) in [6, 6.07) is 16.5. The molecule has 0 aliphatic rings. The zero-order valence-electron chi connectivity index (χ0n) is 21.6. The molecule has 0 unspecified atom stereocenters. The maximum atomic E-state index is 13.6. The Balaban J connectivity index is 1.28. The topological polar surface area (TPSA) is 83.0 Å². The molecule has 3 heterocycles. The third-order valence-corrected chi connectivity index (χ3v) is 7.34. The highest BCUT2D eigenvalue weighted by molar-refractivity contribution is 7.15. The van der Waals surface area contributed by atoms with Gasteiger partial charge in [0.2, 0.25) is 0 Å². The minimum absolute atomic E-state index is 0.355. The van der Waals surface area contributed by atoms with Gasteiger partial charge in [-0.05, 0) is 66.6 Å². The van der Waals surface area contributed by atoms with Gasteiger partial charge in [0.15, 0.2) is 11.6 Å². The first kappa shape index (κ1) is 26.2. The summed E-state index contributed by atoms with van der Waals surface area (Å²) in [5.74, 6) is -1.03. The van der Waals surface area contributed by atoms with E-state index < -0.39 is 17.7 Å². The molecule has 0 fully saturated rings. The van der Waals surface area contributed by atoms with E-state index in [2.05, 4.69) is 26.7 Å². The van der Waals surface area contributed by atoms with E-state index in [1.165, 1.54) is 6.07 Å². The van der Waals surface area contributed by atoms with Crippen molar-refractivity contribution in [3.05, 3.63) is 101 Å². The molecule has 2 aromatic carbocycles. The van der Waals surface area contributed by atoms with Gasteiger partial charge in [-0.25, -0.2) is 18.7 Å². The van der Waals surface area contributed by atoms with E-state index in [-0.39, 0.29) is 5.91 Å². The van der Waals surface area contributed by atoms with Gasteiger partial charge in [-0.3, -0.25) is 9.78 Å². The number of carbonyl (C=O) groups is 1. The monoisotopic (exact) mass is 544 g/mol. The van der Waals surface area contributed by atoms with Gasteiger partial charge in [-0.2, -0.15) is 0 Å². The predicted octanol–water partition coefficient (Wildman–Crippen LogP) is 6.20. The van der Waals surface area contributed by atoms with Crippen LogP contribution >= 0.6 is 11.3 Å². The molecule has 1 amide bonds. The van der Waals surface area contributed by atoms with Crippen LogP contribution in [0, 0.1) is 11.6 Å². The zero-order chi connectivity index (χ0) is 27.5. The van der Waals surface area contributed by atoms with Crippen molar-refractivity contribution in [2.75, 3.05) is 24.3 Å². The smallest absolute Gasteiger partial charge is 0.255 e. The lowest BCUT2D eigenvalue weighted by Crippen LogP contribution is -2.27. The number of carbonyl (C=O) groups excluding carboxylic acids is 1. The molecule has 1 atom stereocenters. The molecule has 10 heteroatoms. The zero-order valence-corrected chi connectivity index (χ0v) is 22.4. The first-order valence-corrected chi connectivity index (χ1v) is 13.1. The van der Waals surface area contributed by atoms with Crippen LogP contribution in [0.2, 0.25) is 0 Å². The number of halogens is 2. The lowest BCUT2D eigenvalue weighted by Gasteiger charge is -2.16. The maximum Gasteiger partial charge on any atom is 0.255 e. The predicted molar refractivity (Wildman–Crippen MR) is 151 cm³/mol. The Labute approximate surface area is 228 Å². The van der Waals surface area contributed by atoms with Crippen molar-refractivity contribution in [1.29, 1.82) is 0 Å². The molecule has 198 valence electrons. The van der Waals surface area contributed by atoms with Gasteiger partial charge in [0.25, 0.3) is 5.91 Å². The Hall–Kier alpha value is -4.44. The van der Waals surface area contributed by atoms with Crippen molar-refractivity contribution < 1.29 is 13.6 Å². The van der Waals surface area contributed by atoms with E-state index in [1.54, 1.807) is 42.8 Å². The fraction of sp³-hybridized carbons (Fsp3) is 0.172. The number of anilines is 2. The summed E-state index contributed by atoms with van der Waals surface area (Å²) in [6.07, 6.45) is 3.36. The fourth-order valence-corrected chi connectivity index (χ4v) is 4.98. The first-order chi connectivity index (χ1) is 18.8. The van der Waals surface area contributed by atoms with Crippen LogP contribution in [0.4, 0.5) is 20.4 Å². The minimum atomic E-state index is -0.956. The third kappa shape index (κ3) is 5.85. The van der Waals surface area contributed by atoms with Crippen LogP contribution in [0.25, 0.3) is 21.5 Å². The molecule has 0 saturated carbocycles. The van der Waals surface area contributed by atoms with Crippen LogP contribution < -0.4 is 15.5 Å². The Kier molecular flexibility index (Phi) is 7.47. The number of fused-ring (bicyclic) bond motifs is 1. The SMILES string of the molecule is C[C@H](NC(=O)c1cccnc1NCc1ccc(-c2ccc3ncc(N(C)C)nc3c2)s1)c1ccc(F)c(F)c1. The molecule has 0 saturated heterocycles. The van der Waals surface area contributed by atoms with Crippen molar-refractivity contribution >= 4 is 39.9 Å². The highest BCUT2D eigenvalue weighted by atomic mass is 32.1. The van der Waals surface area contributed by atoms with Crippen molar-refractivity contribution in [2.45, 2.75) is 19.5 Å². The normalized spacial score (nSPS) is 11.8. The fourth-order valence-electron chi connectivity index (χ4n) is 4.04. The molecule has 7 nitrogen and oxygen atoms in total. The average molecular weight is 545 g/mol. The number of nitrogens with one attached hydrogen (secondary N) is 2. The van der Waals surface area contributed by atoms with Gasteiger partial charge in [0.05, 0.1) is 35.4 Å². The molecule has 39 heavy (non-hydrogen) atoms. The van der Waals surface area contributed by atoms with Gasteiger partial charge in [-0.1, -0.05) is 12.1 Å². The van der Waals surface area contributed by atoms with Gasteiger partial charge < -0.3 is 15.5 Å². The van der Waals surface area contributed by atoms with Crippen molar-refractivity contribution in [3.8, 4) is 10.4 Å². The molecule has 3 aromatic heterocycles. The molecule has 0 aliphatic heterocycles. The van der Waals surface area contributed by atoms with Crippen LogP contribution in [0.15, 0.2) is 73.1 Å². The van der Waals surface area contributed by atoms with Crippen LogP contribution in [0.3, 0.4) is 0 Å². The van der Waals surface area contributed by atoms with E-state index in [1.807, 2.05) is 43.3 Å². The summed E-state index contributed by atoms with van der Waals surface area (Å²) in [4.78, 5) is 30.6. The standard InChI is InChI=1S/C29H26F2N6OS/c1-17(18-6-9-22(30)23(31)13-18)35-29(38)21-5-4-12-32-28(21)34-15-20-8-11-26(39-20)19-7-10-24-25(14-19)36-27(16-33-24)37(2)3/h4-14,16-17H,15H2,1-3H3,(H,32,34)(H,35,38)/t17-/m0/s1. The summed E-state index contributed by atoms with van der Waals surface area (Å²) in [5, 5.41) is 6.08. The minimum Gasteiger partial charge on any atom is -0.365 e. The number of hydrogen-bond acceptors (Lipinski definition) is 7. The quantitative estimate of drug-likeness (QED) is 0.242.